The van der Waals surface area contributed by atoms with Gasteiger partial charge in [0.2, 0.25) is 0 Å². The lowest BCUT2D eigenvalue weighted by atomic mass is 10.2. The van der Waals surface area contributed by atoms with Crippen molar-refractivity contribution in [2.45, 2.75) is 13.5 Å². The molecule has 108 valence electrons. The third-order valence-electron chi connectivity index (χ3n) is 2.79. The van der Waals surface area contributed by atoms with Gasteiger partial charge in [-0.3, -0.25) is 0 Å². The minimum atomic E-state index is -0.690. The normalized spacial score (nSPS) is 10.5. The van der Waals surface area contributed by atoms with Crippen molar-refractivity contribution in [1.82, 2.24) is 5.43 Å². The van der Waals surface area contributed by atoms with Crippen LogP contribution in [0.2, 0.25) is 0 Å². The predicted molar refractivity (Wildman–Crippen MR) is 82.3 cm³/mol. The molecule has 0 radical (unpaired) electrons. The second-order valence-electron chi connectivity index (χ2n) is 4.58. The fourth-order valence-electron chi connectivity index (χ4n) is 1.67. The van der Waals surface area contributed by atoms with Gasteiger partial charge < -0.3 is 10.5 Å². The first kappa shape index (κ1) is 14.6. The number of nitrogens with two attached hydrogens (primary N) is 1. The van der Waals surface area contributed by atoms with Gasteiger partial charge >= 0.3 is 6.03 Å². The number of primary amides is 1. The molecule has 0 aliphatic heterocycles. The molecule has 0 aliphatic carbocycles. The molecule has 0 aliphatic rings. The lowest BCUT2D eigenvalue weighted by molar-refractivity contribution is 0.249. The topological polar surface area (TPSA) is 76.7 Å². The van der Waals surface area contributed by atoms with Crippen LogP contribution in [-0.4, -0.2) is 12.2 Å². The Hall–Kier alpha value is -2.82. The maximum atomic E-state index is 10.5. The van der Waals surface area contributed by atoms with E-state index in [9.17, 15) is 4.79 Å². The summed E-state index contributed by atoms with van der Waals surface area (Å²) in [7, 11) is 0. The molecular weight excluding hydrogens is 266 g/mol. The van der Waals surface area contributed by atoms with Crippen molar-refractivity contribution >= 4 is 12.2 Å². The molecule has 5 nitrogen and oxygen atoms in total. The third-order valence-corrected chi connectivity index (χ3v) is 2.79. The zero-order chi connectivity index (χ0) is 15.1. The highest BCUT2D eigenvalue weighted by molar-refractivity contribution is 5.81. The second-order valence-corrected chi connectivity index (χ2v) is 4.58. The summed E-state index contributed by atoms with van der Waals surface area (Å²) in [5, 5.41) is 3.68. The summed E-state index contributed by atoms with van der Waals surface area (Å²) in [4.78, 5) is 10.5. The summed E-state index contributed by atoms with van der Waals surface area (Å²) < 4.78 is 5.70. The summed E-state index contributed by atoms with van der Waals surface area (Å²) in [6, 6.07) is 14.9. The summed E-state index contributed by atoms with van der Waals surface area (Å²) in [5.41, 5.74) is 10.2. The Labute approximate surface area is 123 Å². The lowest BCUT2D eigenvalue weighted by Crippen LogP contribution is -2.24. The van der Waals surface area contributed by atoms with Crippen LogP contribution in [0.25, 0.3) is 0 Å². The molecule has 2 aromatic carbocycles. The quantitative estimate of drug-likeness (QED) is 0.653. The van der Waals surface area contributed by atoms with E-state index in [0.717, 1.165) is 16.9 Å². The fourth-order valence-corrected chi connectivity index (χ4v) is 1.67. The van der Waals surface area contributed by atoms with Crippen molar-refractivity contribution in [3.05, 3.63) is 65.2 Å². The lowest BCUT2D eigenvalue weighted by Gasteiger charge is -2.06. The van der Waals surface area contributed by atoms with Gasteiger partial charge in [-0.15, -0.1) is 0 Å². The van der Waals surface area contributed by atoms with Gasteiger partial charge in [0.05, 0.1) is 6.21 Å². The fraction of sp³-hybridized carbons (Fsp3) is 0.125. The van der Waals surface area contributed by atoms with Gasteiger partial charge in [-0.05, 0) is 42.3 Å². The van der Waals surface area contributed by atoms with Crippen LogP contribution in [0.4, 0.5) is 4.79 Å². The first-order valence-corrected chi connectivity index (χ1v) is 6.50. The smallest absolute Gasteiger partial charge is 0.332 e. The Morgan fingerprint density at radius 2 is 1.86 bits per heavy atom. The van der Waals surface area contributed by atoms with Crippen molar-refractivity contribution in [1.29, 1.82) is 0 Å². The number of rotatable bonds is 5. The van der Waals surface area contributed by atoms with Crippen LogP contribution in [0.15, 0.2) is 53.6 Å². The second kappa shape index (κ2) is 7.09. The molecule has 0 unspecified atom stereocenters. The average Bonchev–Trinajstić information content (AvgIpc) is 2.48. The van der Waals surface area contributed by atoms with Gasteiger partial charge in [0.25, 0.3) is 0 Å². The van der Waals surface area contributed by atoms with Crippen LogP contribution in [-0.2, 0) is 6.61 Å². The molecule has 3 N–H and O–H groups in total. The number of benzene rings is 2. The number of nitrogens with zero attached hydrogens (tertiary/aromatic N) is 1. The van der Waals surface area contributed by atoms with Gasteiger partial charge in [0, 0.05) is 0 Å². The Morgan fingerprint density at radius 1 is 1.19 bits per heavy atom. The Balaban J connectivity index is 1.88. The maximum Gasteiger partial charge on any atom is 0.332 e. The van der Waals surface area contributed by atoms with Gasteiger partial charge in [0.15, 0.2) is 0 Å². The van der Waals surface area contributed by atoms with Gasteiger partial charge in [-0.25, -0.2) is 10.2 Å². The molecule has 0 saturated heterocycles. The Morgan fingerprint density at radius 3 is 2.48 bits per heavy atom. The summed E-state index contributed by atoms with van der Waals surface area (Å²) in [5.74, 6) is 0.774. The van der Waals surface area contributed by atoms with Gasteiger partial charge in [0.1, 0.15) is 12.4 Å². The van der Waals surface area contributed by atoms with E-state index in [0.29, 0.717) is 6.61 Å². The van der Waals surface area contributed by atoms with E-state index in [1.165, 1.54) is 11.8 Å². The minimum Gasteiger partial charge on any atom is -0.489 e. The number of hydrazone groups is 1. The standard InChI is InChI=1S/C16H17N3O2/c1-12-2-4-14(5-3-12)11-21-15-8-6-13(7-9-15)10-18-19-16(17)20/h2-10H,11H2,1H3,(H3,17,19,20)/b18-10-. The zero-order valence-electron chi connectivity index (χ0n) is 11.7. The molecule has 2 amide bonds. The van der Waals surface area contributed by atoms with E-state index in [1.54, 1.807) is 0 Å². The number of carbonyl (C=O) groups is 1. The van der Waals surface area contributed by atoms with Gasteiger partial charge in [-0.2, -0.15) is 5.10 Å². The number of hydrogen-bond donors (Lipinski definition) is 2. The van der Waals surface area contributed by atoms with Crippen molar-refractivity contribution in [3.63, 3.8) is 0 Å². The number of nitrogens with one attached hydrogen (secondary N) is 1. The third kappa shape index (κ3) is 4.99. The van der Waals surface area contributed by atoms with Crippen LogP contribution in [0.5, 0.6) is 5.75 Å². The summed E-state index contributed by atoms with van der Waals surface area (Å²) in [6.45, 7) is 2.58. The molecule has 2 rings (SSSR count). The van der Waals surface area contributed by atoms with Crippen LogP contribution in [0.1, 0.15) is 16.7 Å². The number of aryl methyl sites for hydroxylation is 1. The van der Waals surface area contributed by atoms with Crippen molar-refractivity contribution in [2.24, 2.45) is 10.8 Å². The highest BCUT2D eigenvalue weighted by atomic mass is 16.5. The van der Waals surface area contributed by atoms with E-state index < -0.39 is 6.03 Å². The van der Waals surface area contributed by atoms with E-state index in [-0.39, 0.29) is 0 Å². The van der Waals surface area contributed by atoms with E-state index in [1.807, 2.05) is 36.4 Å². The van der Waals surface area contributed by atoms with E-state index >= 15 is 0 Å². The van der Waals surface area contributed by atoms with Crippen molar-refractivity contribution in [2.75, 3.05) is 0 Å². The van der Waals surface area contributed by atoms with Crippen LogP contribution >= 0.6 is 0 Å². The highest BCUT2D eigenvalue weighted by Crippen LogP contribution is 2.13. The van der Waals surface area contributed by atoms with E-state index in [2.05, 4.69) is 29.6 Å². The predicted octanol–water partition coefficient (Wildman–Crippen LogP) is 2.58. The van der Waals surface area contributed by atoms with Crippen molar-refractivity contribution < 1.29 is 9.53 Å². The SMILES string of the molecule is Cc1ccc(COc2ccc(/C=N\NC(N)=O)cc2)cc1. The molecule has 0 atom stereocenters. The molecule has 5 heteroatoms. The van der Waals surface area contributed by atoms with E-state index in [4.69, 9.17) is 10.5 Å². The zero-order valence-corrected chi connectivity index (χ0v) is 11.7. The summed E-state index contributed by atoms with van der Waals surface area (Å²) >= 11 is 0. The van der Waals surface area contributed by atoms with Crippen molar-refractivity contribution in [3.8, 4) is 5.75 Å². The number of carbonyl (C=O) groups excluding carboxylic acids is 1. The first-order valence-electron chi connectivity index (χ1n) is 6.50. The molecule has 2 aromatic rings. The molecular formula is C16H17N3O2. The van der Waals surface area contributed by atoms with Crippen LogP contribution in [0.3, 0.4) is 0 Å². The minimum absolute atomic E-state index is 0.525. The summed E-state index contributed by atoms with van der Waals surface area (Å²) in [6.07, 6.45) is 1.51. The molecule has 21 heavy (non-hydrogen) atoms. The maximum absolute atomic E-state index is 10.5. The Kier molecular flexibility index (Phi) is 4.93. The number of amides is 2. The molecule has 0 fully saturated rings. The number of urea groups is 1. The largest absolute Gasteiger partial charge is 0.489 e. The molecule has 0 spiro atoms. The molecule has 0 saturated carbocycles. The van der Waals surface area contributed by atoms with Crippen LogP contribution in [0, 0.1) is 6.92 Å². The molecule has 0 heterocycles. The first-order chi connectivity index (χ1) is 10.1. The number of ether oxygens (including phenoxy) is 1. The molecule has 0 bridgehead atoms. The van der Waals surface area contributed by atoms with Crippen LogP contribution < -0.4 is 15.9 Å². The average molecular weight is 283 g/mol. The Bertz CT molecular complexity index is 619. The van der Waals surface area contributed by atoms with Gasteiger partial charge in [-0.1, -0.05) is 29.8 Å². The monoisotopic (exact) mass is 283 g/mol. The highest BCUT2D eigenvalue weighted by Gasteiger charge is 1.96. The molecule has 0 aromatic heterocycles. The number of hydrogen-bond acceptors (Lipinski definition) is 3.